The van der Waals surface area contributed by atoms with E-state index in [-0.39, 0.29) is 23.0 Å². The van der Waals surface area contributed by atoms with Crippen LogP contribution < -0.4 is 16.6 Å². The van der Waals surface area contributed by atoms with Gasteiger partial charge in [-0.2, -0.15) is 8.78 Å². The largest absolute Gasteiger partial charge is 0.368 e. The van der Waals surface area contributed by atoms with Gasteiger partial charge in [-0.1, -0.05) is 17.7 Å². The van der Waals surface area contributed by atoms with Crippen molar-refractivity contribution in [1.82, 2.24) is 19.5 Å². The second kappa shape index (κ2) is 9.35. The summed E-state index contributed by atoms with van der Waals surface area (Å²) >= 11 is 6.21. The van der Waals surface area contributed by atoms with Crippen LogP contribution in [0.1, 0.15) is 22.6 Å². The lowest BCUT2D eigenvalue weighted by molar-refractivity contribution is -0.118. The van der Waals surface area contributed by atoms with Gasteiger partial charge in [0.1, 0.15) is 23.2 Å². The summed E-state index contributed by atoms with van der Waals surface area (Å²) in [6.07, 6.45) is 2.34. The number of primary amides is 1. The Bertz CT molecular complexity index is 1200. The van der Waals surface area contributed by atoms with Crippen molar-refractivity contribution in [3.63, 3.8) is 0 Å². The number of amides is 1. The number of aromatic nitrogens is 4. The number of hydrogen-bond acceptors (Lipinski definition) is 6. The Morgan fingerprint density at radius 3 is 2.62 bits per heavy atom. The number of rotatable bonds is 8. The maximum atomic E-state index is 14.5. The van der Waals surface area contributed by atoms with Gasteiger partial charge in [-0.3, -0.25) is 24.1 Å². The number of nitrogens with one attached hydrogen (secondary N) is 1. The molecule has 0 unspecified atom stereocenters. The van der Waals surface area contributed by atoms with E-state index in [0.717, 1.165) is 10.6 Å². The van der Waals surface area contributed by atoms with Gasteiger partial charge in [0.2, 0.25) is 5.91 Å². The van der Waals surface area contributed by atoms with E-state index >= 15 is 0 Å². The van der Waals surface area contributed by atoms with Gasteiger partial charge < -0.3 is 11.1 Å². The van der Waals surface area contributed by atoms with E-state index in [4.69, 9.17) is 17.3 Å². The normalized spacial score (nSPS) is 11.4. The second-order valence-electron chi connectivity index (χ2n) is 6.89. The minimum atomic E-state index is -3.44. The van der Waals surface area contributed by atoms with Crippen LogP contribution in [-0.2, 0) is 23.7 Å². The fourth-order valence-corrected chi connectivity index (χ4v) is 3.11. The molecule has 3 N–H and O–H groups in total. The average molecular weight is 467 g/mol. The van der Waals surface area contributed by atoms with Crippen LogP contribution in [0.3, 0.4) is 0 Å². The molecule has 168 valence electrons. The van der Waals surface area contributed by atoms with Gasteiger partial charge in [0.25, 0.3) is 5.56 Å². The number of nitrogens with zero attached hydrogens (tertiary/aromatic N) is 4. The molecule has 8 nitrogen and oxygen atoms in total. The Hall–Kier alpha value is -3.47. The number of alkyl halides is 2. The minimum absolute atomic E-state index is 0.0200. The molecule has 0 aliphatic heterocycles. The summed E-state index contributed by atoms with van der Waals surface area (Å²) in [5.41, 5.74) is 3.99. The molecule has 0 aromatic carbocycles. The molecule has 0 bridgehead atoms. The zero-order valence-corrected chi connectivity index (χ0v) is 17.5. The fourth-order valence-electron chi connectivity index (χ4n) is 2.87. The van der Waals surface area contributed by atoms with Gasteiger partial charge in [0.05, 0.1) is 17.9 Å². The quantitative estimate of drug-likeness (QED) is 0.526. The number of pyridine rings is 2. The Morgan fingerprint density at radius 2 is 1.97 bits per heavy atom. The average Bonchev–Trinajstić information content (AvgIpc) is 2.76. The predicted octanol–water partition coefficient (Wildman–Crippen LogP) is 2.41. The Labute approximate surface area is 185 Å². The lowest BCUT2D eigenvalue weighted by Crippen LogP contribution is -2.34. The molecule has 0 spiro atoms. The van der Waals surface area contributed by atoms with Crippen molar-refractivity contribution in [1.29, 1.82) is 0 Å². The van der Waals surface area contributed by atoms with E-state index in [1.165, 1.54) is 37.5 Å². The van der Waals surface area contributed by atoms with Crippen LogP contribution in [0.4, 0.5) is 19.0 Å². The van der Waals surface area contributed by atoms with Gasteiger partial charge in [-0.05, 0) is 30.7 Å². The van der Waals surface area contributed by atoms with E-state index in [2.05, 4.69) is 20.3 Å². The third kappa shape index (κ3) is 5.05. The van der Waals surface area contributed by atoms with Crippen LogP contribution in [0.15, 0.2) is 41.5 Å². The third-order valence-electron chi connectivity index (χ3n) is 4.49. The maximum absolute atomic E-state index is 14.5. The molecule has 0 saturated carbocycles. The number of carbonyl (C=O) groups excluding carboxylic acids is 1. The SMILES string of the molecule is Cc1ccnc(Cc2nc(NCC(F)(F)c3ccccn3)c(=O)n(CC(N)=O)c2Cl)c1F. The molecule has 0 atom stereocenters. The molecule has 0 aliphatic carbocycles. The smallest absolute Gasteiger partial charge is 0.306 e. The maximum Gasteiger partial charge on any atom is 0.306 e. The minimum Gasteiger partial charge on any atom is -0.368 e. The summed E-state index contributed by atoms with van der Waals surface area (Å²) in [6.45, 7) is -0.0978. The molecular formula is C20H18ClF3N6O2. The third-order valence-corrected chi connectivity index (χ3v) is 4.91. The Kier molecular flexibility index (Phi) is 6.78. The van der Waals surface area contributed by atoms with Gasteiger partial charge in [0.15, 0.2) is 5.82 Å². The molecule has 3 aromatic heterocycles. The molecule has 0 saturated heterocycles. The highest BCUT2D eigenvalue weighted by Gasteiger charge is 2.33. The highest BCUT2D eigenvalue weighted by molar-refractivity contribution is 6.30. The molecule has 0 radical (unpaired) electrons. The molecule has 12 heteroatoms. The fraction of sp³-hybridized carbons (Fsp3) is 0.250. The van der Waals surface area contributed by atoms with Crippen molar-refractivity contribution in [2.75, 3.05) is 11.9 Å². The number of hydrogen-bond donors (Lipinski definition) is 2. The van der Waals surface area contributed by atoms with Crippen molar-refractivity contribution in [3.8, 4) is 0 Å². The van der Waals surface area contributed by atoms with Crippen LogP contribution >= 0.6 is 11.6 Å². The standard InChI is InChI=1S/C20H18ClF3N6O2/c1-11-5-7-26-12(16(11)22)8-13-17(21)30(9-15(25)31)19(32)18(29-13)28-10-20(23,24)14-4-2-3-6-27-14/h2-7H,8-10H2,1H3,(H2,25,31)(H,28,29). The Balaban J connectivity index is 2.00. The zero-order valence-electron chi connectivity index (χ0n) is 16.8. The van der Waals surface area contributed by atoms with E-state index < -0.39 is 47.8 Å². The number of halogens is 4. The molecule has 32 heavy (non-hydrogen) atoms. The summed E-state index contributed by atoms with van der Waals surface area (Å²) < 4.78 is 44.2. The van der Waals surface area contributed by atoms with Crippen molar-refractivity contribution in [3.05, 3.63) is 80.6 Å². The lowest BCUT2D eigenvalue weighted by atomic mass is 10.1. The van der Waals surface area contributed by atoms with E-state index in [1.54, 1.807) is 0 Å². The van der Waals surface area contributed by atoms with Crippen LogP contribution in [0.25, 0.3) is 0 Å². The Morgan fingerprint density at radius 1 is 1.22 bits per heavy atom. The van der Waals surface area contributed by atoms with E-state index in [9.17, 15) is 22.8 Å². The number of carbonyl (C=O) groups is 1. The van der Waals surface area contributed by atoms with Gasteiger partial charge >= 0.3 is 5.92 Å². The summed E-state index contributed by atoms with van der Waals surface area (Å²) in [5, 5.41) is 2.01. The summed E-state index contributed by atoms with van der Waals surface area (Å²) in [5.74, 6) is -5.44. The molecule has 0 aliphatic rings. The van der Waals surface area contributed by atoms with Gasteiger partial charge in [-0.15, -0.1) is 0 Å². The number of nitrogens with two attached hydrogens (primary N) is 1. The molecule has 0 fully saturated rings. The van der Waals surface area contributed by atoms with E-state index in [0.29, 0.717) is 5.56 Å². The van der Waals surface area contributed by atoms with Crippen molar-refractivity contribution < 1.29 is 18.0 Å². The predicted molar refractivity (Wildman–Crippen MR) is 111 cm³/mol. The first-order chi connectivity index (χ1) is 15.1. The van der Waals surface area contributed by atoms with Crippen molar-refractivity contribution in [2.45, 2.75) is 25.8 Å². The highest BCUT2D eigenvalue weighted by atomic mass is 35.5. The molecule has 3 heterocycles. The first kappa shape index (κ1) is 23.2. The van der Waals surface area contributed by atoms with Crippen molar-refractivity contribution >= 4 is 23.3 Å². The first-order valence-corrected chi connectivity index (χ1v) is 9.68. The highest BCUT2D eigenvalue weighted by Crippen LogP contribution is 2.26. The zero-order chi connectivity index (χ0) is 23.5. The first-order valence-electron chi connectivity index (χ1n) is 9.31. The van der Waals surface area contributed by atoms with Crippen LogP contribution in [0.5, 0.6) is 0 Å². The molecule has 1 amide bonds. The van der Waals surface area contributed by atoms with Crippen LogP contribution in [0, 0.1) is 12.7 Å². The van der Waals surface area contributed by atoms with E-state index in [1.807, 2.05) is 0 Å². The topological polar surface area (TPSA) is 116 Å². The number of anilines is 1. The summed E-state index contributed by atoms with van der Waals surface area (Å²) in [7, 11) is 0. The molecular weight excluding hydrogens is 449 g/mol. The molecule has 3 aromatic rings. The lowest BCUT2D eigenvalue weighted by Gasteiger charge is -2.18. The molecule has 3 rings (SSSR count). The van der Waals surface area contributed by atoms with Crippen LogP contribution in [-0.4, -0.2) is 32.0 Å². The second-order valence-corrected chi connectivity index (χ2v) is 7.25. The van der Waals surface area contributed by atoms with Crippen molar-refractivity contribution in [2.24, 2.45) is 5.73 Å². The van der Waals surface area contributed by atoms with Gasteiger partial charge in [0, 0.05) is 18.8 Å². The van der Waals surface area contributed by atoms with Gasteiger partial charge in [-0.25, -0.2) is 9.37 Å². The monoisotopic (exact) mass is 466 g/mol. The summed E-state index contributed by atoms with van der Waals surface area (Å²) in [4.78, 5) is 35.7. The van der Waals surface area contributed by atoms with Crippen LogP contribution in [0.2, 0.25) is 5.15 Å². The number of aryl methyl sites for hydroxylation is 1. The summed E-state index contributed by atoms with van der Waals surface area (Å²) in [6, 6.07) is 5.49.